The van der Waals surface area contributed by atoms with Crippen LogP contribution in [0.3, 0.4) is 0 Å². The average molecular weight is 505 g/mol. The summed E-state index contributed by atoms with van der Waals surface area (Å²) in [5.74, 6) is 0.155. The summed E-state index contributed by atoms with van der Waals surface area (Å²) in [6.07, 6.45) is 5.96. The van der Waals surface area contributed by atoms with Crippen molar-refractivity contribution in [2.45, 2.75) is 45.1 Å². The fourth-order valence-corrected chi connectivity index (χ4v) is 6.49. The summed E-state index contributed by atoms with van der Waals surface area (Å²) in [7, 11) is 0. The van der Waals surface area contributed by atoms with Gasteiger partial charge in [-0.3, -0.25) is 4.79 Å². The maximum absolute atomic E-state index is 12.9. The third kappa shape index (κ3) is 4.82. The van der Waals surface area contributed by atoms with Crippen LogP contribution in [-0.4, -0.2) is 55.9 Å². The van der Waals surface area contributed by atoms with Crippen LogP contribution in [0.4, 0.5) is 11.4 Å². The monoisotopic (exact) mass is 504 g/mol. The highest BCUT2D eigenvalue weighted by atomic mass is 35.5. The summed E-state index contributed by atoms with van der Waals surface area (Å²) in [4.78, 5) is 30.6. The van der Waals surface area contributed by atoms with Crippen LogP contribution in [0.15, 0.2) is 42.5 Å². The van der Waals surface area contributed by atoms with Gasteiger partial charge in [0.15, 0.2) is 0 Å². The number of carbonyl (C=O) groups excluding carboxylic acids is 2. The van der Waals surface area contributed by atoms with Crippen LogP contribution < -0.4 is 9.80 Å². The van der Waals surface area contributed by atoms with Gasteiger partial charge >= 0.3 is 0 Å². The molecular weight excluding hydrogens is 472 g/mol. The number of hydrogen-bond donors (Lipinski definition) is 0. The lowest BCUT2D eigenvalue weighted by molar-refractivity contribution is -0.112. The molecule has 1 amide bonds. The number of piperidine rings is 2. The maximum atomic E-state index is 12.9. The molecule has 2 aromatic carbocycles. The van der Waals surface area contributed by atoms with Gasteiger partial charge in [0.25, 0.3) is 5.91 Å². The van der Waals surface area contributed by atoms with Crippen LogP contribution in [0.1, 0.15) is 54.9 Å². The lowest BCUT2D eigenvalue weighted by Gasteiger charge is -2.40. The van der Waals surface area contributed by atoms with E-state index in [0.717, 1.165) is 69.3 Å². The number of hydrogen-bond acceptors (Lipinski definition) is 5. The normalized spacial score (nSPS) is 22.0. The van der Waals surface area contributed by atoms with Gasteiger partial charge < -0.3 is 19.5 Å². The Morgan fingerprint density at radius 2 is 1.72 bits per heavy atom. The van der Waals surface area contributed by atoms with Crippen LogP contribution in [0.2, 0.25) is 5.02 Å². The first-order chi connectivity index (χ1) is 17.4. The number of nitrogens with zero attached hydrogens (tertiary/aromatic N) is 4. The molecule has 3 heterocycles. The molecule has 0 radical (unpaired) electrons. The van der Waals surface area contributed by atoms with E-state index in [-0.39, 0.29) is 11.8 Å². The molecule has 0 aliphatic carbocycles. The van der Waals surface area contributed by atoms with E-state index < -0.39 is 0 Å². The SMILES string of the molecule is C[C@H]1CC2(CCN(c3ccc(C(=O)N4CCC(C=O)CC4)cc3)CC2)CN1c1ccc(C#N)c(Cl)c1. The molecule has 5 rings (SSSR count). The standard InChI is InChI=1S/C29H33ClN4O2/c1-21-17-29(20-34(21)26-7-4-24(18-31)27(30)16-26)10-14-32(15-11-29)25-5-2-23(3-6-25)28(36)33-12-8-22(19-35)9-13-33/h2-7,16,19,21-22H,8-15,17,20H2,1H3/t21-/m0/s1. The summed E-state index contributed by atoms with van der Waals surface area (Å²) in [5.41, 5.74) is 3.80. The van der Waals surface area contributed by atoms with Gasteiger partial charge in [-0.1, -0.05) is 11.6 Å². The highest BCUT2D eigenvalue weighted by molar-refractivity contribution is 6.32. The molecule has 3 fully saturated rings. The Bertz CT molecular complexity index is 1160. The molecule has 3 aliphatic heterocycles. The molecular formula is C29H33ClN4O2. The number of halogens is 1. The Morgan fingerprint density at radius 3 is 2.33 bits per heavy atom. The van der Waals surface area contributed by atoms with E-state index in [9.17, 15) is 14.9 Å². The second-order valence-corrected chi connectivity index (χ2v) is 11.2. The number of anilines is 2. The van der Waals surface area contributed by atoms with E-state index >= 15 is 0 Å². The van der Waals surface area contributed by atoms with E-state index in [1.807, 2.05) is 35.2 Å². The van der Waals surface area contributed by atoms with E-state index in [2.05, 4.69) is 34.9 Å². The van der Waals surface area contributed by atoms with Gasteiger partial charge in [0.2, 0.25) is 0 Å². The van der Waals surface area contributed by atoms with E-state index in [0.29, 0.717) is 35.1 Å². The molecule has 1 spiro atoms. The molecule has 188 valence electrons. The van der Waals surface area contributed by atoms with Crippen molar-refractivity contribution in [1.29, 1.82) is 5.26 Å². The van der Waals surface area contributed by atoms with Crippen molar-refractivity contribution in [2.24, 2.45) is 11.3 Å². The summed E-state index contributed by atoms with van der Waals surface area (Å²) >= 11 is 6.31. The predicted octanol–water partition coefficient (Wildman–Crippen LogP) is 5.15. The Labute approximate surface area is 218 Å². The van der Waals surface area contributed by atoms with Gasteiger partial charge in [0.1, 0.15) is 12.4 Å². The van der Waals surface area contributed by atoms with Crippen molar-refractivity contribution >= 4 is 35.2 Å². The van der Waals surface area contributed by atoms with E-state index in [1.54, 1.807) is 0 Å². The summed E-state index contributed by atoms with van der Waals surface area (Å²) in [6.45, 7) is 6.61. The van der Waals surface area contributed by atoms with Gasteiger partial charge in [-0.05, 0) is 86.9 Å². The van der Waals surface area contributed by atoms with Gasteiger partial charge in [0, 0.05) is 61.6 Å². The molecule has 0 N–H and O–H groups in total. The first-order valence-corrected chi connectivity index (χ1v) is 13.3. The first-order valence-electron chi connectivity index (χ1n) is 13.0. The number of carbonyl (C=O) groups is 2. The third-order valence-electron chi connectivity index (χ3n) is 8.49. The quantitative estimate of drug-likeness (QED) is 0.539. The highest BCUT2D eigenvalue weighted by Crippen LogP contribution is 2.46. The number of rotatable bonds is 4. The fourth-order valence-electron chi connectivity index (χ4n) is 6.28. The minimum Gasteiger partial charge on any atom is -0.371 e. The molecule has 7 heteroatoms. The number of amides is 1. The van der Waals surface area contributed by atoms with Crippen molar-refractivity contribution in [3.05, 3.63) is 58.6 Å². The Morgan fingerprint density at radius 1 is 1.06 bits per heavy atom. The summed E-state index contributed by atoms with van der Waals surface area (Å²) in [6, 6.07) is 16.4. The van der Waals surface area contributed by atoms with Crippen LogP contribution in [0.25, 0.3) is 0 Å². The topological polar surface area (TPSA) is 67.7 Å². The maximum Gasteiger partial charge on any atom is 0.253 e. The van der Waals surface area contributed by atoms with Gasteiger partial charge in [-0.2, -0.15) is 5.26 Å². The fraction of sp³-hybridized carbons (Fsp3) is 0.483. The van der Waals surface area contributed by atoms with E-state index in [1.165, 1.54) is 5.69 Å². The lowest BCUT2D eigenvalue weighted by atomic mass is 9.76. The Kier molecular flexibility index (Phi) is 6.94. The molecule has 2 aromatic rings. The summed E-state index contributed by atoms with van der Waals surface area (Å²) < 4.78 is 0. The smallest absolute Gasteiger partial charge is 0.253 e. The first kappa shape index (κ1) is 24.6. The highest BCUT2D eigenvalue weighted by Gasteiger charge is 2.44. The summed E-state index contributed by atoms with van der Waals surface area (Å²) in [5, 5.41) is 9.70. The van der Waals surface area contributed by atoms with Crippen molar-refractivity contribution in [1.82, 2.24) is 4.90 Å². The van der Waals surface area contributed by atoms with Crippen LogP contribution in [0.5, 0.6) is 0 Å². The number of benzene rings is 2. The van der Waals surface area contributed by atoms with Crippen molar-refractivity contribution in [3.8, 4) is 6.07 Å². The van der Waals surface area contributed by atoms with Gasteiger partial charge in [-0.15, -0.1) is 0 Å². The van der Waals surface area contributed by atoms with Crippen LogP contribution in [-0.2, 0) is 4.79 Å². The lowest BCUT2D eigenvalue weighted by Crippen LogP contribution is -2.41. The minimum absolute atomic E-state index is 0.0615. The Balaban J connectivity index is 1.19. The zero-order valence-corrected chi connectivity index (χ0v) is 21.6. The zero-order chi connectivity index (χ0) is 25.3. The van der Waals surface area contributed by atoms with Crippen molar-refractivity contribution < 1.29 is 9.59 Å². The van der Waals surface area contributed by atoms with Crippen molar-refractivity contribution in [2.75, 3.05) is 42.5 Å². The van der Waals surface area contributed by atoms with E-state index in [4.69, 9.17) is 11.6 Å². The Hall–Kier alpha value is -3.04. The van der Waals surface area contributed by atoms with Crippen LogP contribution in [0, 0.1) is 22.7 Å². The molecule has 0 saturated carbocycles. The van der Waals surface area contributed by atoms with Gasteiger partial charge in [-0.25, -0.2) is 0 Å². The number of nitriles is 1. The molecule has 3 saturated heterocycles. The molecule has 6 nitrogen and oxygen atoms in total. The second kappa shape index (κ2) is 10.1. The molecule has 0 aromatic heterocycles. The largest absolute Gasteiger partial charge is 0.371 e. The second-order valence-electron chi connectivity index (χ2n) is 10.8. The van der Waals surface area contributed by atoms with Crippen LogP contribution >= 0.6 is 11.6 Å². The zero-order valence-electron chi connectivity index (χ0n) is 20.8. The molecule has 0 bridgehead atoms. The molecule has 1 atom stereocenters. The number of likely N-dealkylation sites (tertiary alicyclic amines) is 1. The molecule has 36 heavy (non-hydrogen) atoms. The molecule has 0 unspecified atom stereocenters. The number of aldehydes is 1. The minimum atomic E-state index is 0.0615. The van der Waals surface area contributed by atoms with Gasteiger partial charge in [0.05, 0.1) is 10.6 Å². The predicted molar refractivity (Wildman–Crippen MR) is 143 cm³/mol. The average Bonchev–Trinajstić information content (AvgIpc) is 3.24. The van der Waals surface area contributed by atoms with Crippen molar-refractivity contribution in [3.63, 3.8) is 0 Å². The third-order valence-corrected chi connectivity index (χ3v) is 8.81. The molecule has 3 aliphatic rings.